The van der Waals surface area contributed by atoms with Gasteiger partial charge in [-0.25, -0.2) is 0 Å². The highest BCUT2D eigenvalue weighted by Crippen LogP contribution is 2.18. The summed E-state index contributed by atoms with van der Waals surface area (Å²) in [5, 5.41) is 2.68. The van der Waals surface area contributed by atoms with Crippen LogP contribution in [0, 0.1) is 0 Å². The number of nitrogens with one attached hydrogen (secondary N) is 1. The van der Waals surface area contributed by atoms with Crippen LogP contribution in [0.2, 0.25) is 0 Å². The molecule has 0 saturated carbocycles. The molecule has 0 aliphatic heterocycles. The monoisotopic (exact) mass is 299 g/mol. The topological polar surface area (TPSA) is 64.6 Å². The summed E-state index contributed by atoms with van der Waals surface area (Å²) < 4.78 is 10.4. The van der Waals surface area contributed by atoms with Gasteiger partial charge in [0.15, 0.2) is 12.4 Å². The Hall–Kier alpha value is -2.82. The standard InChI is InChI=1S/C17H17NO4/c1-12(19)15-5-3-4-6-16(15)18-17(20)11-22-14-9-7-13(21-2)8-10-14/h3-10H,11H2,1-2H3,(H,18,20). The SMILES string of the molecule is COc1ccc(OCC(=O)Nc2ccccc2C(C)=O)cc1. The largest absolute Gasteiger partial charge is 0.497 e. The minimum atomic E-state index is -0.329. The van der Waals surface area contributed by atoms with E-state index in [2.05, 4.69) is 5.32 Å². The van der Waals surface area contributed by atoms with Crippen LogP contribution in [0.3, 0.4) is 0 Å². The fraction of sp³-hybridized carbons (Fsp3) is 0.176. The Bertz CT molecular complexity index is 665. The van der Waals surface area contributed by atoms with Gasteiger partial charge in [-0.3, -0.25) is 9.59 Å². The van der Waals surface area contributed by atoms with Crippen molar-refractivity contribution in [3.8, 4) is 11.5 Å². The van der Waals surface area contributed by atoms with Crippen LogP contribution in [0.25, 0.3) is 0 Å². The predicted molar refractivity (Wildman–Crippen MR) is 83.6 cm³/mol. The van der Waals surface area contributed by atoms with Crippen molar-refractivity contribution in [3.63, 3.8) is 0 Å². The van der Waals surface area contributed by atoms with E-state index in [4.69, 9.17) is 9.47 Å². The second kappa shape index (κ2) is 7.26. The number of carbonyl (C=O) groups is 2. The van der Waals surface area contributed by atoms with Crippen LogP contribution >= 0.6 is 0 Å². The molecule has 1 N–H and O–H groups in total. The first-order valence-electron chi connectivity index (χ1n) is 6.77. The maximum absolute atomic E-state index is 11.9. The molecule has 2 aromatic carbocycles. The molecular formula is C17H17NO4. The fourth-order valence-electron chi connectivity index (χ4n) is 1.91. The molecular weight excluding hydrogens is 282 g/mol. The summed E-state index contributed by atoms with van der Waals surface area (Å²) in [6.07, 6.45) is 0. The molecule has 0 heterocycles. The van der Waals surface area contributed by atoms with Crippen LogP contribution in [0.1, 0.15) is 17.3 Å². The van der Waals surface area contributed by atoms with Crippen LogP contribution < -0.4 is 14.8 Å². The zero-order valence-corrected chi connectivity index (χ0v) is 12.5. The Morgan fingerprint density at radius 1 is 1.00 bits per heavy atom. The van der Waals surface area contributed by atoms with Crippen molar-refractivity contribution < 1.29 is 19.1 Å². The van der Waals surface area contributed by atoms with E-state index in [1.165, 1.54) is 6.92 Å². The average molecular weight is 299 g/mol. The molecule has 0 aromatic heterocycles. The van der Waals surface area contributed by atoms with Crippen molar-refractivity contribution >= 4 is 17.4 Å². The first-order valence-corrected chi connectivity index (χ1v) is 6.77. The molecule has 2 aromatic rings. The molecule has 2 rings (SSSR count). The van der Waals surface area contributed by atoms with Crippen molar-refractivity contribution in [2.75, 3.05) is 19.0 Å². The fourth-order valence-corrected chi connectivity index (χ4v) is 1.91. The Morgan fingerprint density at radius 2 is 1.64 bits per heavy atom. The van der Waals surface area contributed by atoms with E-state index in [9.17, 15) is 9.59 Å². The van der Waals surface area contributed by atoms with Gasteiger partial charge in [0.2, 0.25) is 0 Å². The lowest BCUT2D eigenvalue weighted by atomic mass is 10.1. The third-order valence-electron chi connectivity index (χ3n) is 3.01. The van der Waals surface area contributed by atoms with Crippen LogP contribution in [0.5, 0.6) is 11.5 Å². The summed E-state index contributed by atoms with van der Waals surface area (Å²) in [6, 6.07) is 13.8. The Morgan fingerprint density at radius 3 is 2.27 bits per heavy atom. The van der Waals surface area contributed by atoms with Gasteiger partial charge in [0.05, 0.1) is 12.8 Å². The summed E-state index contributed by atoms with van der Waals surface area (Å²) in [7, 11) is 1.58. The summed E-state index contributed by atoms with van der Waals surface area (Å²) >= 11 is 0. The molecule has 5 nitrogen and oxygen atoms in total. The molecule has 5 heteroatoms. The molecule has 0 saturated heterocycles. The second-order valence-electron chi connectivity index (χ2n) is 4.61. The summed E-state index contributed by atoms with van der Waals surface area (Å²) in [6.45, 7) is 1.32. The molecule has 22 heavy (non-hydrogen) atoms. The normalized spacial score (nSPS) is 9.91. The summed E-state index contributed by atoms with van der Waals surface area (Å²) in [5.74, 6) is 0.847. The molecule has 1 amide bonds. The number of hydrogen-bond acceptors (Lipinski definition) is 4. The summed E-state index contributed by atoms with van der Waals surface area (Å²) in [4.78, 5) is 23.4. The third kappa shape index (κ3) is 4.09. The number of benzene rings is 2. The maximum atomic E-state index is 11.9. The van der Waals surface area contributed by atoms with Gasteiger partial charge in [-0.1, -0.05) is 12.1 Å². The van der Waals surface area contributed by atoms with Gasteiger partial charge in [-0.2, -0.15) is 0 Å². The van der Waals surface area contributed by atoms with E-state index >= 15 is 0 Å². The number of anilines is 1. The van der Waals surface area contributed by atoms with Crippen molar-refractivity contribution in [2.24, 2.45) is 0 Å². The van der Waals surface area contributed by atoms with Gasteiger partial charge in [0, 0.05) is 5.56 Å². The van der Waals surface area contributed by atoms with E-state index in [0.29, 0.717) is 22.7 Å². The number of ether oxygens (including phenoxy) is 2. The lowest BCUT2D eigenvalue weighted by Crippen LogP contribution is -2.21. The van der Waals surface area contributed by atoms with E-state index in [1.807, 2.05) is 0 Å². The lowest BCUT2D eigenvalue weighted by Gasteiger charge is -2.10. The third-order valence-corrected chi connectivity index (χ3v) is 3.01. The van der Waals surface area contributed by atoms with E-state index < -0.39 is 0 Å². The smallest absolute Gasteiger partial charge is 0.262 e. The molecule has 0 radical (unpaired) electrons. The quantitative estimate of drug-likeness (QED) is 0.833. The van der Waals surface area contributed by atoms with Gasteiger partial charge in [-0.05, 0) is 43.3 Å². The van der Waals surface area contributed by atoms with Crippen LogP contribution in [-0.2, 0) is 4.79 Å². The van der Waals surface area contributed by atoms with Crippen LogP contribution in [-0.4, -0.2) is 25.4 Å². The van der Waals surface area contributed by atoms with Gasteiger partial charge in [-0.15, -0.1) is 0 Å². The minimum absolute atomic E-state index is 0.105. The molecule has 0 aliphatic carbocycles. The van der Waals surface area contributed by atoms with Crippen molar-refractivity contribution in [1.82, 2.24) is 0 Å². The van der Waals surface area contributed by atoms with E-state index in [1.54, 1.807) is 55.6 Å². The van der Waals surface area contributed by atoms with Gasteiger partial charge >= 0.3 is 0 Å². The average Bonchev–Trinajstić information content (AvgIpc) is 2.53. The zero-order chi connectivity index (χ0) is 15.9. The molecule has 0 unspecified atom stereocenters. The molecule has 0 bridgehead atoms. The van der Waals surface area contributed by atoms with Gasteiger partial charge < -0.3 is 14.8 Å². The van der Waals surface area contributed by atoms with Crippen LogP contribution in [0.15, 0.2) is 48.5 Å². The number of amides is 1. The number of Topliss-reactive ketones (excluding diaryl/α,β-unsaturated/α-hetero) is 1. The Kier molecular flexibility index (Phi) is 5.14. The van der Waals surface area contributed by atoms with Crippen molar-refractivity contribution in [1.29, 1.82) is 0 Å². The van der Waals surface area contributed by atoms with Crippen molar-refractivity contribution in [2.45, 2.75) is 6.92 Å². The number of methoxy groups -OCH3 is 1. The second-order valence-corrected chi connectivity index (χ2v) is 4.61. The Balaban J connectivity index is 1.94. The summed E-state index contributed by atoms with van der Waals surface area (Å²) in [5.41, 5.74) is 0.957. The number of para-hydroxylation sites is 1. The molecule has 0 fully saturated rings. The van der Waals surface area contributed by atoms with E-state index in [0.717, 1.165) is 0 Å². The number of hydrogen-bond donors (Lipinski definition) is 1. The number of rotatable bonds is 6. The first kappa shape index (κ1) is 15.6. The molecule has 0 atom stereocenters. The Labute approximate surface area is 128 Å². The molecule has 114 valence electrons. The van der Waals surface area contributed by atoms with Gasteiger partial charge in [0.1, 0.15) is 11.5 Å². The maximum Gasteiger partial charge on any atom is 0.262 e. The highest BCUT2D eigenvalue weighted by atomic mass is 16.5. The molecule has 0 aliphatic rings. The number of ketones is 1. The molecule has 0 spiro atoms. The zero-order valence-electron chi connectivity index (χ0n) is 12.5. The predicted octanol–water partition coefficient (Wildman–Crippen LogP) is 2.92. The van der Waals surface area contributed by atoms with Crippen molar-refractivity contribution in [3.05, 3.63) is 54.1 Å². The van der Waals surface area contributed by atoms with E-state index in [-0.39, 0.29) is 18.3 Å². The number of carbonyl (C=O) groups excluding carboxylic acids is 2. The lowest BCUT2D eigenvalue weighted by molar-refractivity contribution is -0.118. The van der Waals surface area contributed by atoms with Gasteiger partial charge in [0.25, 0.3) is 5.91 Å². The minimum Gasteiger partial charge on any atom is -0.497 e. The highest BCUT2D eigenvalue weighted by Gasteiger charge is 2.10. The highest BCUT2D eigenvalue weighted by molar-refractivity contribution is 6.03. The first-order chi connectivity index (χ1) is 10.6. The van der Waals surface area contributed by atoms with Crippen LogP contribution in [0.4, 0.5) is 5.69 Å².